The second-order valence-electron chi connectivity index (χ2n) is 6.46. The van der Waals surface area contributed by atoms with Crippen molar-refractivity contribution in [1.29, 1.82) is 0 Å². The highest BCUT2D eigenvalue weighted by Crippen LogP contribution is 2.29. The van der Waals surface area contributed by atoms with Gasteiger partial charge in [-0.05, 0) is 41.1 Å². The molecule has 0 aliphatic rings. The van der Waals surface area contributed by atoms with Crippen LogP contribution < -0.4 is 10.0 Å². The normalized spacial score (nSPS) is 11.6. The van der Waals surface area contributed by atoms with E-state index in [-0.39, 0.29) is 22.9 Å². The van der Waals surface area contributed by atoms with Crippen LogP contribution in [0.4, 0.5) is 5.82 Å². The molecular weight excluding hydrogens is 492 g/mol. The van der Waals surface area contributed by atoms with Gasteiger partial charge in [0.2, 0.25) is 10.0 Å². The fourth-order valence-electron chi connectivity index (χ4n) is 2.95. The van der Waals surface area contributed by atoms with Gasteiger partial charge in [-0.1, -0.05) is 17.7 Å². The lowest BCUT2D eigenvalue weighted by Gasteiger charge is -2.12. The summed E-state index contributed by atoms with van der Waals surface area (Å²) in [4.78, 5) is 21.8. The van der Waals surface area contributed by atoms with E-state index in [1.165, 1.54) is 29.9 Å². The largest absolute Gasteiger partial charge is 0.465 e. The zero-order valence-corrected chi connectivity index (χ0v) is 19.9. The number of hydrogen-bond acceptors (Lipinski definition) is 9. The summed E-state index contributed by atoms with van der Waals surface area (Å²) in [6.07, 6.45) is 0. The first-order valence-corrected chi connectivity index (χ1v) is 12.9. The summed E-state index contributed by atoms with van der Waals surface area (Å²) in [6.45, 7) is 0.335. The zero-order valence-electron chi connectivity index (χ0n) is 16.7. The molecule has 8 nitrogen and oxygen atoms in total. The highest BCUT2D eigenvalue weighted by atomic mass is 35.5. The maximum Gasteiger partial charge on any atom is 0.349 e. The maximum atomic E-state index is 12.6. The van der Waals surface area contributed by atoms with Crippen LogP contribution in [0.5, 0.6) is 0 Å². The van der Waals surface area contributed by atoms with E-state index in [9.17, 15) is 13.2 Å². The van der Waals surface area contributed by atoms with Crippen molar-refractivity contribution in [2.75, 3.05) is 25.5 Å². The number of aromatic nitrogens is 2. The van der Waals surface area contributed by atoms with E-state index in [0.29, 0.717) is 22.2 Å². The van der Waals surface area contributed by atoms with Gasteiger partial charge in [0.05, 0.1) is 17.5 Å². The Hall–Kier alpha value is -2.57. The van der Waals surface area contributed by atoms with Gasteiger partial charge >= 0.3 is 5.97 Å². The number of carbonyl (C=O) groups is 1. The van der Waals surface area contributed by atoms with Crippen LogP contribution in [0.15, 0.2) is 52.1 Å². The minimum Gasteiger partial charge on any atom is -0.465 e. The molecule has 4 aromatic rings. The van der Waals surface area contributed by atoms with Gasteiger partial charge < -0.3 is 10.1 Å². The molecular formula is C20H17ClN4O4S3. The highest BCUT2D eigenvalue weighted by Gasteiger charge is 2.24. The Morgan fingerprint density at radius 3 is 2.72 bits per heavy atom. The molecule has 3 heterocycles. The standard InChI is InChI=1S/C20H17ClN4O4S3/c1-29-20(26)17-16(6-10-31-17)32(27,28)23-8-7-22-18-13-5-4-12(21)11-14(13)24-19(25-18)15-3-2-9-30-15/h2-6,9-11,23H,7-8H2,1H3,(H,22,24,25). The quantitative estimate of drug-likeness (QED) is 0.270. The van der Waals surface area contributed by atoms with E-state index < -0.39 is 16.0 Å². The van der Waals surface area contributed by atoms with E-state index in [4.69, 9.17) is 11.6 Å². The summed E-state index contributed by atoms with van der Waals surface area (Å²) in [5, 5.41) is 7.97. The predicted molar refractivity (Wildman–Crippen MR) is 127 cm³/mol. The van der Waals surface area contributed by atoms with Crippen molar-refractivity contribution in [2.45, 2.75) is 4.90 Å². The van der Waals surface area contributed by atoms with Gasteiger partial charge in [0, 0.05) is 23.5 Å². The smallest absolute Gasteiger partial charge is 0.349 e. The predicted octanol–water partition coefficient (Wildman–Crippen LogP) is 4.25. The van der Waals surface area contributed by atoms with Crippen molar-refractivity contribution >= 4 is 67.0 Å². The lowest BCUT2D eigenvalue weighted by Crippen LogP contribution is -2.29. The second kappa shape index (κ2) is 9.51. The van der Waals surface area contributed by atoms with E-state index in [0.717, 1.165) is 21.6 Å². The molecule has 166 valence electrons. The van der Waals surface area contributed by atoms with Crippen LogP contribution in [0, 0.1) is 0 Å². The third-order valence-corrected chi connectivity index (χ3v) is 8.03. The molecule has 2 N–H and O–H groups in total. The van der Waals surface area contributed by atoms with Gasteiger partial charge in [0.25, 0.3) is 0 Å². The number of thiophene rings is 2. The second-order valence-corrected chi connectivity index (χ2v) is 10.5. The van der Waals surface area contributed by atoms with Crippen LogP contribution >= 0.6 is 34.3 Å². The molecule has 0 spiro atoms. The molecule has 0 atom stereocenters. The van der Waals surface area contributed by atoms with E-state index >= 15 is 0 Å². The molecule has 0 unspecified atom stereocenters. The summed E-state index contributed by atoms with van der Waals surface area (Å²) in [7, 11) is -2.67. The molecule has 0 aliphatic carbocycles. The topological polar surface area (TPSA) is 110 Å². The van der Waals surface area contributed by atoms with Gasteiger partial charge in [-0.2, -0.15) is 0 Å². The minimum absolute atomic E-state index is 0.0345. The highest BCUT2D eigenvalue weighted by molar-refractivity contribution is 7.89. The number of hydrogen-bond donors (Lipinski definition) is 2. The molecule has 1 aromatic carbocycles. The Morgan fingerprint density at radius 1 is 1.12 bits per heavy atom. The van der Waals surface area contributed by atoms with Gasteiger partial charge in [0.1, 0.15) is 15.6 Å². The number of methoxy groups -OCH3 is 1. The molecule has 4 rings (SSSR count). The summed E-state index contributed by atoms with van der Waals surface area (Å²) in [5.74, 6) is 0.435. The first-order valence-electron chi connectivity index (χ1n) is 9.29. The van der Waals surface area contributed by atoms with Crippen molar-refractivity contribution in [3.8, 4) is 10.7 Å². The Balaban J connectivity index is 1.51. The van der Waals surface area contributed by atoms with Crippen LogP contribution in [0.3, 0.4) is 0 Å². The van der Waals surface area contributed by atoms with Crippen LogP contribution in [0.25, 0.3) is 21.6 Å². The summed E-state index contributed by atoms with van der Waals surface area (Å²) < 4.78 is 32.4. The Morgan fingerprint density at radius 2 is 1.97 bits per heavy atom. The molecule has 0 saturated carbocycles. The third-order valence-electron chi connectivity index (χ3n) is 4.40. The summed E-state index contributed by atoms with van der Waals surface area (Å²) >= 11 is 8.66. The first-order chi connectivity index (χ1) is 15.4. The molecule has 0 fully saturated rings. The Labute approximate surface area is 197 Å². The molecule has 3 aromatic heterocycles. The Bertz CT molecular complexity index is 1370. The van der Waals surface area contributed by atoms with Crippen molar-refractivity contribution in [1.82, 2.24) is 14.7 Å². The average molecular weight is 509 g/mol. The number of nitrogens with zero attached hydrogens (tertiary/aromatic N) is 2. The van der Waals surface area contributed by atoms with Crippen LogP contribution in [0.2, 0.25) is 5.02 Å². The number of anilines is 1. The number of ether oxygens (including phenoxy) is 1. The van der Waals surface area contributed by atoms with Gasteiger partial charge in [-0.15, -0.1) is 22.7 Å². The van der Waals surface area contributed by atoms with Crippen LogP contribution in [0.1, 0.15) is 9.67 Å². The number of fused-ring (bicyclic) bond motifs is 1. The Kier molecular flexibility index (Phi) is 6.72. The van der Waals surface area contributed by atoms with E-state index in [1.54, 1.807) is 12.1 Å². The zero-order chi connectivity index (χ0) is 22.7. The molecule has 0 saturated heterocycles. The fraction of sp³-hybridized carbons (Fsp3) is 0.150. The number of carbonyl (C=O) groups excluding carboxylic acids is 1. The average Bonchev–Trinajstić information content (AvgIpc) is 3.48. The van der Waals surface area contributed by atoms with E-state index in [2.05, 4.69) is 24.7 Å². The number of halogens is 1. The lowest BCUT2D eigenvalue weighted by atomic mass is 10.2. The van der Waals surface area contributed by atoms with Gasteiger partial charge in [0.15, 0.2) is 5.82 Å². The SMILES string of the molecule is COC(=O)c1sccc1S(=O)(=O)NCCNc1nc(-c2cccs2)nc2cc(Cl)ccc12. The molecule has 0 aliphatic heterocycles. The molecule has 0 bridgehead atoms. The van der Waals surface area contributed by atoms with Gasteiger partial charge in [-0.25, -0.2) is 27.9 Å². The van der Waals surface area contributed by atoms with Crippen molar-refractivity contribution in [3.63, 3.8) is 0 Å². The van der Waals surface area contributed by atoms with Gasteiger partial charge in [-0.3, -0.25) is 0 Å². The number of sulfonamides is 1. The molecule has 0 amide bonds. The minimum atomic E-state index is -3.88. The fourth-order valence-corrected chi connectivity index (χ4v) is 6.14. The number of esters is 1. The maximum absolute atomic E-state index is 12.6. The number of rotatable bonds is 8. The third kappa shape index (κ3) is 4.76. The van der Waals surface area contributed by atoms with Crippen molar-refractivity contribution in [3.05, 3.63) is 57.1 Å². The monoisotopic (exact) mass is 508 g/mol. The van der Waals surface area contributed by atoms with Crippen LogP contribution in [-0.2, 0) is 14.8 Å². The van der Waals surface area contributed by atoms with Crippen molar-refractivity contribution < 1.29 is 17.9 Å². The van der Waals surface area contributed by atoms with Crippen LogP contribution in [-0.4, -0.2) is 44.6 Å². The van der Waals surface area contributed by atoms with E-state index in [1.807, 2.05) is 23.6 Å². The van der Waals surface area contributed by atoms with Crippen molar-refractivity contribution in [2.24, 2.45) is 0 Å². The molecule has 0 radical (unpaired) electrons. The summed E-state index contributed by atoms with van der Waals surface area (Å²) in [5.41, 5.74) is 0.681. The molecule has 12 heteroatoms. The lowest BCUT2D eigenvalue weighted by molar-refractivity contribution is 0.0602. The molecule has 32 heavy (non-hydrogen) atoms. The number of benzene rings is 1. The summed E-state index contributed by atoms with van der Waals surface area (Å²) in [6, 6.07) is 10.5. The number of nitrogens with one attached hydrogen (secondary N) is 2. The first kappa shape index (κ1) is 22.6.